The van der Waals surface area contributed by atoms with Gasteiger partial charge in [0, 0.05) is 32.0 Å². The Kier molecular flexibility index (Phi) is 4.05. The van der Waals surface area contributed by atoms with Crippen LogP contribution in [0.25, 0.3) is 5.65 Å². The summed E-state index contributed by atoms with van der Waals surface area (Å²) in [5.41, 5.74) is 0.392. The van der Waals surface area contributed by atoms with Crippen molar-refractivity contribution in [1.82, 2.24) is 19.5 Å². The maximum atomic E-state index is 13.8. The van der Waals surface area contributed by atoms with Crippen molar-refractivity contribution in [3.63, 3.8) is 0 Å². The lowest BCUT2D eigenvalue weighted by molar-refractivity contribution is -0.140. The van der Waals surface area contributed by atoms with E-state index in [0.29, 0.717) is 44.3 Å². The Labute approximate surface area is 177 Å². The molecule has 0 aliphatic carbocycles. The van der Waals surface area contributed by atoms with E-state index in [0.717, 1.165) is 17.5 Å². The first-order valence-corrected chi connectivity index (χ1v) is 10.5. The molecule has 2 aromatic heterocycles. The van der Waals surface area contributed by atoms with Crippen LogP contribution in [-0.4, -0.2) is 50.3 Å². The van der Waals surface area contributed by atoms with Crippen LogP contribution in [0.15, 0.2) is 42.7 Å². The molecule has 9 heteroatoms. The maximum Gasteiger partial charge on any atom is 0.257 e. The van der Waals surface area contributed by atoms with Crippen molar-refractivity contribution in [2.45, 2.75) is 43.6 Å². The molecule has 3 fully saturated rings. The van der Waals surface area contributed by atoms with Gasteiger partial charge in [0.05, 0.1) is 6.04 Å². The van der Waals surface area contributed by atoms with E-state index in [2.05, 4.69) is 15.0 Å². The number of nitrogens with zero attached hydrogens (tertiary/aromatic N) is 5. The van der Waals surface area contributed by atoms with E-state index in [9.17, 15) is 13.6 Å². The second-order valence-electron chi connectivity index (χ2n) is 8.48. The molecule has 2 atom stereocenters. The Morgan fingerprint density at radius 3 is 2.61 bits per heavy atom. The van der Waals surface area contributed by atoms with Crippen molar-refractivity contribution < 1.29 is 18.3 Å². The number of fused-ring (bicyclic) bond motifs is 2. The second kappa shape index (κ2) is 6.71. The number of piperidine rings is 1. The molecule has 0 radical (unpaired) electrons. The van der Waals surface area contributed by atoms with Crippen LogP contribution in [0, 0.1) is 11.6 Å². The Hall–Kier alpha value is -3.07. The van der Waals surface area contributed by atoms with Gasteiger partial charge in [-0.3, -0.25) is 4.79 Å². The van der Waals surface area contributed by atoms with Crippen LogP contribution in [-0.2, 0) is 9.53 Å². The summed E-state index contributed by atoms with van der Waals surface area (Å²) < 4.78 is 35.7. The zero-order valence-electron chi connectivity index (χ0n) is 16.7. The van der Waals surface area contributed by atoms with Crippen molar-refractivity contribution in [2.24, 2.45) is 0 Å². The molecule has 31 heavy (non-hydrogen) atoms. The van der Waals surface area contributed by atoms with Crippen LogP contribution in [0.5, 0.6) is 0 Å². The standard InChI is InChI=1S/C22H21F2N5O2/c23-15-10-14(11-16(24)12-15)17-4-5-20-28(17)21(30)22(31-20)6-8-27(9-7-22)19-3-1-2-18-25-13-26-29(18)19/h1-3,10-13,17,20H,4-9H2. The highest BCUT2D eigenvalue weighted by molar-refractivity contribution is 5.88. The first-order chi connectivity index (χ1) is 15.0. The number of anilines is 1. The molecule has 0 saturated carbocycles. The molecule has 7 nitrogen and oxygen atoms in total. The first-order valence-electron chi connectivity index (χ1n) is 10.5. The molecule has 3 aliphatic heterocycles. The summed E-state index contributed by atoms with van der Waals surface area (Å²) in [5, 5.41) is 4.30. The zero-order chi connectivity index (χ0) is 21.2. The maximum absolute atomic E-state index is 13.8. The second-order valence-corrected chi connectivity index (χ2v) is 8.48. The Morgan fingerprint density at radius 1 is 1.06 bits per heavy atom. The smallest absolute Gasteiger partial charge is 0.257 e. The van der Waals surface area contributed by atoms with Crippen molar-refractivity contribution in [1.29, 1.82) is 0 Å². The average Bonchev–Trinajstić information content (AvgIpc) is 3.45. The third kappa shape index (κ3) is 2.83. The van der Waals surface area contributed by atoms with Crippen molar-refractivity contribution in [3.05, 3.63) is 59.9 Å². The van der Waals surface area contributed by atoms with Crippen LogP contribution < -0.4 is 4.90 Å². The quantitative estimate of drug-likeness (QED) is 0.632. The number of pyridine rings is 1. The summed E-state index contributed by atoms with van der Waals surface area (Å²) in [6, 6.07) is 8.96. The number of carbonyl (C=O) groups excluding carboxylic acids is 1. The van der Waals surface area contributed by atoms with Gasteiger partial charge in [-0.05, 0) is 42.7 Å². The number of ether oxygens (including phenoxy) is 1. The fourth-order valence-electron chi connectivity index (χ4n) is 5.31. The van der Waals surface area contributed by atoms with Gasteiger partial charge >= 0.3 is 0 Å². The molecular formula is C22H21F2N5O2. The van der Waals surface area contributed by atoms with E-state index in [4.69, 9.17) is 4.74 Å². The zero-order valence-corrected chi connectivity index (χ0v) is 16.7. The van der Waals surface area contributed by atoms with Crippen molar-refractivity contribution in [3.8, 4) is 0 Å². The highest BCUT2D eigenvalue weighted by atomic mass is 19.1. The summed E-state index contributed by atoms with van der Waals surface area (Å²) in [6.07, 6.45) is 3.59. The summed E-state index contributed by atoms with van der Waals surface area (Å²) in [4.78, 5) is 21.6. The highest BCUT2D eigenvalue weighted by Gasteiger charge is 2.58. The van der Waals surface area contributed by atoms with Crippen LogP contribution in [0.4, 0.5) is 14.6 Å². The highest BCUT2D eigenvalue weighted by Crippen LogP contribution is 2.48. The molecular weight excluding hydrogens is 404 g/mol. The molecule has 1 amide bonds. The molecule has 0 bridgehead atoms. The summed E-state index contributed by atoms with van der Waals surface area (Å²) in [6.45, 7) is 1.29. The third-order valence-corrected chi connectivity index (χ3v) is 6.77. The summed E-state index contributed by atoms with van der Waals surface area (Å²) in [7, 11) is 0. The number of benzene rings is 1. The molecule has 3 aliphatic rings. The van der Waals surface area contributed by atoms with Gasteiger partial charge in [-0.1, -0.05) is 6.07 Å². The molecule has 2 unspecified atom stereocenters. The summed E-state index contributed by atoms with van der Waals surface area (Å²) >= 11 is 0. The molecule has 1 aromatic carbocycles. The lowest BCUT2D eigenvalue weighted by Crippen LogP contribution is -2.50. The molecule has 3 aromatic rings. The van der Waals surface area contributed by atoms with Gasteiger partial charge in [-0.25, -0.2) is 13.8 Å². The largest absolute Gasteiger partial charge is 0.356 e. The minimum Gasteiger partial charge on any atom is -0.356 e. The van der Waals surface area contributed by atoms with Gasteiger partial charge in [0.15, 0.2) is 11.2 Å². The van der Waals surface area contributed by atoms with E-state index >= 15 is 0 Å². The minimum atomic E-state index is -0.873. The number of halogens is 2. The van der Waals surface area contributed by atoms with Crippen molar-refractivity contribution in [2.75, 3.05) is 18.0 Å². The van der Waals surface area contributed by atoms with Gasteiger partial charge < -0.3 is 14.5 Å². The molecule has 5 heterocycles. The Morgan fingerprint density at radius 2 is 1.84 bits per heavy atom. The fourth-order valence-corrected chi connectivity index (χ4v) is 5.31. The van der Waals surface area contributed by atoms with Crippen LogP contribution in [0.2, 0.25) is 0 Å². The minimum absolute atomic E-state index is 0.0664. The van der Waals surface area contributed by atoms with Gasteiger partial charge in [-0.15, -0.1) is 0 Å². The lowest BCUT2D eigenvalue weighted by Gasteiger charge is -2.38. The topological polar surface area (TPSA) is 63.0 Å². The Balaban J connectivity index is 1.24. The average molecular weight is 425 g/mol. The SMILES string of the molecule is O=C1N2C(CCC2c2cc(F)cc(F)c2)OC12CCN(c1cccc3ncnn13)CC2. The van der Waals surface area contributed by atoms with Crippen LogP contribution in [0.1, 0.15) is 37.3 Å². The first kappa shape index (κ1) is 18.7. The monoisotopic (exact) mass is 425 g/mol. The molecule has 1 spiro atoms. The van der Waals surface area contributed by atoms with E-state index in [1.54, 1.807) is 9.42 Å². The van der Waals surface area contributed by atoms with Gasteiger partial charge in [0.25, 0.3) is 5.91 Å². The van der Waals surface area contributed by atoms with Crippen LogP contribution in [0.3, 0.4) is 0 Å². The van der Waals surface area contributed by atoms with Crippen molar-refractivity contribution >= 4 is 17.4 Å². The number of rotatable bonds is 2. The summed E-state index contributed by atoms with van der Waals surface area (Å²) in [5.74, 6) is -0.389. The predicted octanol–water partition coefficient (Wildman–Crippen LogP) is 3.07. The van der Waals surface area contributed by atoms with E-state index in [1.165, 1.54) is 18.5 Å². The van der Waals surface area contributed by atoms with E-state index in [-0.39, 0.29) is 18.2 Å². The predicted molar refractivity (Wildman–Crippen MR) is 107 cm³/mol. The van der Waals surface area contributed by atoms with Gasteiger partial charge in [-0.2, -0.15) is 9.61 Å². The number of carbonyl (C=O) groups is 1. The number of aromatic nitrogens is 3. The number of amides is 1. The molecule has 3 saturated heterocycles. The van der Waals surface area contributed by atoms with Gasteiger partial charge in [0.2, 0.25) is 0 Å². The normalized spacial score (nSPS) is 25.0. The molecule has 6 rings (SSSR count). The van der Waals surface area contributed by atoms with Crippen LogP contribution >= 0.6 is 0 Å². The third-order valence-electron chi connectivity index (χ3n) is 6.77. The lowest BCUT2D eigenvalue weighted by atomic mass is 9.89. The number of hydrogen-bond donors (Lipinski definition) is 0. The molecule has 160 valence electrons. The number of hydrogen-bond acceptors (Lipinski definition) is 5. The molecule has 0 N–H and O–H groups in total. The Bertz CT molecular complexity index is 1150. The van der Waals surface area contributed by atoms with E-state index < -0.39 is 17.2 Å². The van der Waals surface area contributed by atoms with Gasteiger partial charge in [0.1, 0.15) is 30.0 Å². The fraction of sp³-hybridized carbons (Fsp3) is 0.409. The van der Waals surface area contributed by atoms with E-state index in [1.807, 2.05) is 18.2 Å².